The summed E-state index contributed by atoms with van der Waals surface area (Å²) in [5, 5.41) is 0. The maximum absolute atomic E-state index is 5.62. The van der Waals surface area contributed by atoms with Gasteiger partial charge in [0.2, 0.25) is 0 Å². The van der Waals surface area contributed by atoms with Gasteiger partial charge in [-0.15, -0.1) is 0 Å². The van der Waals surface area contributed by atoms with Crippen molar-refractivity contribution in [1.82, 2.24) is 0 Å². The molecule has 3 heterocycles. The minimum absolute atomic E-state index is 0.0337. The lowest BCUT2D eigenvalue weighted by Crippen LogP contribution is -2.44. The van der Waals surface area contributed by atoms with Gasteiger partial charge in [-0.1, -0.05) is 0 Å². The van der Waals surface area contributed by atoms with E-state index < -0.39 is 0 Å². The summed E-state index contributed by atoms with van der Waals surface area (Å²) in [6.45, 7) is 4.75. The Morgan fingerprint density at radius 1 is 1.20 bits per heavy atom. The molecule has 3 atom stereocenters. The van der Waals surface area contributed by atoms with Crippen LogP contribution in [0.3, 0.4) is 0 Å². The second kappa shape index (κ2) is 3.99. The summed E-state index contributed by atoms with van der Waals surface area (Å²) in [5.74, 6) is 0. The second-order valence-corrected chi connectivity index (χ2v) is 4.26. The predicted octanol–water partition coefficient (Wildman–Crippen LogP) is -0.414. The Hall–Kier alpha value is -0.200. The molecule has 3 unspecified atom stereocenters. The highest BCUT2D eigenvalue weighted by atomic mass is 16.7. The molecule has 0 amide bonds. The van der Waals surface area contributed by atoms with Crippen LogP contribution in [-0.2, 0) is 23.7 Å². The van der Waals surface area contributed by atoms with Gasteiger partial charge in [0, 0.05) is 0 Å². The molecule has 0 aromatic rings. The van der Waals surface area contributed by atoms with Gasteiger partial charge < -0.3 is 23.7 Å². The molecule has 3 saturated heterocycles. The molecule has 5 heteroatoms. The fraction of sp³-hybridized carbons (Fsp3) is 1.00. The van der Waals surface area contributed by atoms with Crippen LogP contribution in [0.25, 0.3) is 0 Å². The van der Waals surface area contributed by atoms with E-state index in [0.717, 1.165) is 6.61 Å². The number of hydrogen-bond donors (Lipinski definition) is 0. The summed E-state index contributed by atoms with van der Waals surface area (Å²) in [5.41, 5.74) is -0.241. The van der Waals surface area contributed by atoms with Crippen LogP contribution in [0.5, 0.6) is 0 Å². The van der Waals surface area contributed by atoms with E-state index in [2.05, 4.69) is 0 Å². The summed E-state index contributed by atoms with van der Waals surface area (Å²) < 4.78 is 27.1. The molecule has 3 aliphatic rings. The first kappa shape index (κ1) is 9.99. The molecule has 0 bridgehead atoms. The second-order valence-electron chi connectivity index (χ2n) is 4.26. The van der Waals surface area contributed by atoms with E-state index in [1.165, 1.54) is 0 Å². The van der Waals surface area contributed by atoms with Crippen LogP contribution in [0, 0.1) is 0 Å². The lowest BCUT2D eigenvalue weighted by Gasteiger charge is -2.27. The van der Waals surface area contributed by atoms with Crippen LogP contribution in [0.1, 0.15) is 0 Å². The van der Waals surface area contributed by atoms with Crippen LogP contribution >= 0.6 is 0 Å². The van der Waals surface area contributed by atoms with E-state index in [0.29, 0.717) is 45.7 Å². The third-order valence-electron chi connectivity index (χ3n) is 2.97. The van der Waals surface area contributed by atoms with Gasteiger partial charge in [-0.05, 0) is 0 Å². The van der Waals surface area contributed by atoms with Gasteiger partial charge in [0.25, 0.3) is 0 Å². The molecule has 0 spiro atoms. The molecule has 0 aromatic carbocycles. The van der Waals surface area contributed by atoms with E-state index in [9.17, 15) is 0 Å². The zero-order valence-electron chi connectivity index (χ0n) is 8.65. The summed E-state index contributed by atoms with van der Waals surface area (Å²) in [7, 11) is 0. The Morgan fingerprint density at radius 2 is 2.07 bits per heavy atom. The molecule has 15 heavy (non-hydrogen) atoms. The van der Waals surface area contributed by atoms with Gasteiger partial charge in [0.1, 0.15) is 17.8 Å². The van der Waals surface area contributed by atoms with Crippen LogP contribution in [0.4, 0.5) is 0 Å². The fourth-order valence-corrected chi connectivity index (χ4v) is 1.77. The molecule has 86 valence electrons. The first-order valence-corrected chi connectivity index (χ1v) is 5.42. The van der Waals surface area contributed by atoms with Crippen molar-refractivity contribution in [2.75, 3.05) is 46.2 Å². The average molecular weight is 216 g/mol. The smallest absolute Gasteiger partial charge is 0.143 e. The van der Waals surface area contributed by atoms with E-state index in [1.807, 2.05) is 0 Å². The average Bonchev–Trinajstić information content (AvgIpc) is 3.14. The van der Waals surface area contributed by atoms with Crippen molar-refractivity contribution in [1.29, 1.82) is 0 Å². The predicted molar refractivity (Wildman–Crippen MR) is 49.8 cm³/mol. The van der Waals surface area contributed by atoms with Crippen LogP contribution in [-0.4, -0.2) is 64.1 Å². The van der Waals surface area contributed by atoms with Gasteiger partial charge in [0.05, 0.1) is 46.2 Å². The topological polar surface area (TPSA) is 52.8 Å². The number of ether oxygens (including phenoxy) is 5. The number of hydrogen-bond acceptors (Lipinski definition) is 5. The van der Waals surface area contributed by atoms with Gasteiger partial charge in [0.15, 0.2) is 0 Å². The molecule has 5 nitrogen and oxygen atoms in total. The Balaban J connectivity index is 1.44. The largest absolute Gasteiger partial charge is 0.376 e. The molecule has 3 rings (SSSR count). The van der Waals surface area contributed by atoms with Crippen molar-refractivity contribution >= 4 is 0 Å². The van der Waals surface area contributed by atoms with Crippen molar-refractivity contribution in [2.24, 2.45) is 0 Å². The molecule has 0 saturated carbocycles. The van der Waals surface area contributed by atoms with Gasteiger partial charge >= 0.3 is 0 Å². The normalized spacial score (nSPS) is 44.0. The summed E-state index contributed by atoms with van der Waals surface area (Å²) in [6, 6.07) is 0. The van der Waals surface area contributed by atoms with E-state index in [1.54, 1.807) is 0 Å². The van der Waals surface area contributed by atoms with Crippen molar-refractivity contribution in [3.63, 3.8) is 0 Å². The highest BCUT2D eigenvalue weighted by Gasteiger charge is 2.53. The maximum Gasteiger partial charge on any atom is 0.143 e. The number of epoxide rings is 2. The third kappa shape index (κ3) is 2.32. The zero-order valence-corrected chi connectivity index (χ0v) is 8.65. The highest BCUT2D eigenvalue weighted by molar-refractivity contribution is 5.00. The molecule has 3 aliphatic heterocycles. The minimum Gasteiger partial charge on any atom is -0.376 e. The quantitative estimate of drug-likeness (QED) is 0.584. The molecular formula is C10H16O5. The lowest BCUT2D eigenvalue weighted by atomic mass is 10.1. The van der Waals surface area contributed by atoms with E-state index in [-0.39, 0.29) is 11.7 Å². The summed E-state index contributed by atoms with van der Waals surface area (Å²) >= 11 is 0. The summed E-state index contributed by atoms with van der Waals surface area (Å²) in [6.07, 6.45) is 0.343. The molecule has 3 fully saturated rings. The number of rotatable bonds is 5. The Kier molecular flexibility index (Phi) is 2.66. The first-order valence-electron chi connectivity index (χ1n) is 5.42. The van der Waals surface area contributed by atoms with Gasteiger partial charge in [-0.3, -0.25) is 0 Å². The third-order valence-corrected chi connectivity index (χ3v) is 2.97. The molecule has 0 N–H and O–H groups in total. The Morgan fingerprint density at radius 3 is 2.67 bits per heavy atom. The highest BCUT2D eigenvalue weighted by Crippen LogP contribution is 2.34. The van der Waals surface area contributed by atoms with Crippen LogP contribution < -0.4 is 0 Å². The van der Waals surface area contributed by atoms with Crippen molar-refractivity contribution in [2.45, 2.75) is 17.8 Å². The standard InChI is InChI=1S/C10H16O5/c1-2-13-9(5-11-1)10(7-15-10)6-12-3-8-4-14-8/h8-9H,1-7H2. The Bertz CT molecular complexity index is 218. The molecule has 0 radical (unpaired) electrons. The van der Waals surface area contributed by atoms with Crippen molar-refractivity contribution < 1.29 is 23.7 Å². The first-order chi connectivity index (χ1) is 7.39. The maximum atomic E-state index is 5.62. The van der Waals surface area contributed by atoms with Crippen molar-refractivity contribution in [3.05, 3.63) is 0 Å². The Labute approximate surface area is 88.6 Å². The van der Waals surface area contributed by atoms with E-state index in [4.69, 9.17) is 23.7 Å². The minimum atomic E-state index is -0.241. The molecular weight excluding hydrogens is 200 g/mol. The zero-order chi connectivity index (χ0) is 10.1. The van der Waals surface area contributed by atoms with Crippen LogP contribution in [0.15, 0.2) is 0 Å². The van der Waals surface area contributed by atoms with Crippen molar-refractivity contribution in [3.8, 4) is 0 Å². The van der Waals surface area contributed by atoms with Gasteiger partial charge in [-0.25, -0.2) is 0 Å². The monoisotopic (exact) mass is 216 g/mol. The molecule has 0 aliphatic carbocycles. The van der Waals surface area contributed by atoms with Gasteiger partial charge in [-0.2, -0.15) is 0 Å². The van der Waals surface area contributed by atoms with E-state index >= 15 is 0 Å². The summed E-state index contributed by atoms with van der Waals surface area (Å²) in [4.78, 5) is 0. The lowest BCUT2D eigenvalue weighted by molar-refractivity contribution is -0.129. The SMILES string of the molecule is C1COC(C2(COCC3CO3)CO2)CO1. The molecule has 0 aromatic heterocycles. The van der Waals surface area contributed by atoms with Crippen LogP contribution in [0.2, 0.25) is 0 Å². The fourth-order valence-electron chi connectivity index (χ4n) is 1.77.